The molecule has 0 amide bonds. The summed E-state index contributed by atoms with van der Waals surface area (Å²) in [6.07, 6.45) is 3.34. The average Bonchev–Trinajstić information content (AvgIpc) is 2.71. The third-order valence-corrected chi connectivity index (χ3v) is 2.04. The lowest BCUT2D eigenvalue weighted by Crippen LogP contribution is -2.13. The molecule has 14 heavy (non-hydrogen) atoms. The Morgan fingerprint density at radius 1 is 1.29 bits per heavy atom. The molecule has 1 aromatic heterocycles. The van der Waals surface area contributed by atoms with Crippen LogP contribution in [0.1, 0.15) is 17.4 Å². The second kappa shape index (κ2) is 3.59. The summed E-state index contributed by atoms with van der Waals surface area (Å²) >= 11 is 0. The number of hydrogen-bond acceptors (Lipinski definition) is 2. The third-order valence-electron chi connectivity index (χ3n) is 2.04. The second-order valence-electron chi connectivity index (χ2n) is 3.00. The minimum absolute atomic E-state index is 0.264. The van der Waals surface area contributed by atoms with Gasteiger partial charge in [0, 0.05) is 12.4 Å². The Hall–Kier alpha value is -1.68. The summed E-state index contributed by atoms with van der Waals surface area (Å²) in [6, 6.07) is 5.76. The van der Waals surface area contributed by atoms with E-state index < -0.39 is 0 Å². The lowest BCUT2D eigenvalue weighted by molar-refractivity contribution is 0.626. The fourth-order valence-corrected chi connectivity index (χ4v) is 1.28. The van der Waals surface area contributed by atoms with Gasteiger partial charge in [-0.3, -0.25) is 0 Å². The highest BCUT2D eigenvalue weighted by molar-refractivity contribution is 5.24. The number of aromatic nitrogens is 2. The molecule has 0 spiro atoms. The molecule has 1 atom stereocenters. The number of aromatic amines is 1. The normalized spacial score (nSPS) is 12.7. The molecule has 2 rings (SSSR count). The Kier molecular flexibility index (Phi) is 2.28. The monoisotopic (exact) mass is 191 g/mol. The van der Waals surface area contributed by atoms with Gasteiger partial charge in [0.25, 0.3) is 0 Å². The van der Waals surface area contributed by atoms with E-state index in [-0.39, 0.29) is 11.9 Å². The van der Waals surface area contributed by atoms with E-state index in [1.807, 2.05) is 0 Å². The van der Waals surface area contributed by atoms with Gasteiger partial charge in [-0.05, 0) is 17.7 Å². The molecule has 0 unspecified atom stereocenters. The summed E-state index contributed by atoms with van der Waals surface area (Å²) in [5, 5.41) is 0. The highest BCUT2D eigenvalue weighted by atomic mass is 19.1. The van der Waals surface area contributed by atoms with E-state index in [2.05, 4.69) is 9.97 Å². The Morgan fingerprint density at radius 3 is 2.57 bits per heavy atom. The molecule has 3 N–H and O–H groups in total. The van der Waals surface area contributed by atoms with Crippen LogP contribution in [0, 0.1) is 5.82 Å². The van der Waals surface area contributed by atoms with Gasteiger partial charge in [0.05, 0.1) is 6.04 Å². The number of nitrogens with one attached hydrogen (secondary N) is 1. The van der Waals surface area contributed by atoms with E-state index in [1.54, 1.807) is 24.5 Å². The van der Waals surface area contributed by atoms with Crippen LogP contribution in [0.3, 0.4) is 0 Å². The second-order valence-corrected chi connectivity index (χ2v) is 3.00. The zero-order chi connectivity index (χ0) is 9.97. The van der Waals surface area contributed by atoms with Gasteiger partial charge in [-0.1, -0.05) is 12.1 Å². The largest absolute Gasteiger partial charge is 0.347 e. The maximum absolute atomic E-state index is 12.6. The van der Waals surface area contributed by atoms with Gasteiger partial charge >= 0.3 is 0 Å². The van der Waals surface area contributed by atoms with Crippen molar-refractivity contribution in [1.29, 1.82) is 0 Å². The summed E-state index contributed by atoms with van der Waals surface area (Å²) < 4.78 is 12.6. The van der Waals surface area contributed by atoms with Gasteiger partial charge < -0.3 is 10.7 Å². The first-order valence-electron chi connectivity index (χ1n) is 4.27. The molecule has 4 heteroatoms. The molecule has 0 aliphatic heterocycles. The van der Waals surface area contributed by atoms with E-state index in [1.165, 1.54) is 12.1 Å². The van der Waals surface area contributed by atoms with Crippen LogP contribution in [0.4, 0.5) is 4.39 Å². The van der Waals surface area contributed by atoms with E-state index in [4.69, 9.17) is 5.73 Å². The number of H-pyrrole nitrogens is 1. The molecule has 1 heterocycles. The molecular weight excluding hydrogens is 181 g/mol. The first-order valence-corrected chi connectivity index (χ1v) is 4.27. The predicted molar refractivity (Wildman–Crippen MR) is 51.0 cm³/mol. The van der Waals surface area contributed by atoms with Crippen molar-refractivity contribution in [2.24, 2.45) is 5.73 Å². The number of hydrogen-bond donors (Lipinski definition) is 2. The minimum Gasteiger partial charge on any atom is -0.347 e. The van der Waals surface area contributed by atoms with Crippen LogP contribution >= 0.6 is 0 Å². The number of nitrogens with zero attached hydrogens (tertiary/aromatic N) is 1. The molecule has 1 aromatic carbocycles. The van der Waals surface area contributed by atoms with Crippen LogP contribution < -0.4 is 5.73 Å². The van der Waals surface area contributed by atoms with Crippen molar-refractivity contribution in [1.82, 2.24) is 9.97 Å². The molecule has 0 bridgehead atoms. The molecule has 0 aliphatic rings. The molecule has 0 saturated heterocycles. The minimum atomic E-state index is -0.328. The fourth-order valence-electron chi connectivity index (χ4n) is 1.28. The molecule has 0 radical (unpaired) electrons. The smallest absolute Gasteiger partial charge is 0.127 e. The first-order chi connectivity index (χ1) is 6.77. The van der Waals surface area contributed by atoms with E-state index in [9.17, 15) is 4.39 Å². The zero-order valence-electron chi connectivity index (χ0n) is 7.44. The third kappa shape index (κ3) is 1.65. The van der Waals surface area contributed by atoms with Gasteiger partial charge in [-0.25, -0.2) is 9.37 Å². The standard InChI is InChI=1S/C10H10FN3/c11-8-3-1-7(2-4-8)9(12)10-13-5-6-14-10/h1-6,9H,12H2,(H,13,14)/t9-/m0/s1. The maximum atomic E-state index is 12.6. The average molecular weight is 191 g/mol. The highest BCUT2D eigenvalue weighted by Gasteiger charge is 2.10. The van der Waals surface area contributed by atoms with Crippen molar-refractivity contribution >= 4 is 0 Å². The summed E-state index contributed by atoms with van der Waals surface area (Å²) in [5.41, 5.74) is 6.73. The van der Waals surface area contributed by atoms with Crippen LogP contribution in [0.25, 0.3) is 0 Å². The number of benzene rings is 1. The van der Waals surface area contributed by atoms with Crippen molar-refractivity contribution in [2.45, 2.75) is 6.04 Å². The molecule has 2 aromatic rings. The Labute approximate surface area is 80.8 Å². The van der Waals surface area contributed by atoms with Crippen LogP contribution in [-0.4, -0.2) is 9.97 Å². The number of rotatable bonds is 2. The van der Waals surface area contributed by atoms with Gasteiger partial charge in [-0.15, -0.1) is 0 Å². The molecule has 72 valence electrons. The lowest BCUT2D eigenvalue weighted by Gasteiger charge is -2.08. The lowest BCUT2D eigenvalue weighted by atomic mass is 10.1. The van der Waals surface area contributed by atoms with E-state index in [0.717, 1.165) is 5.56 Å². The SMILES string of the molecule is N[C@@H](c1ccc(F)cc1)c1ncc[nH]1. The summed E-state index contributed by atoms with van der Waals surface area (Å²) in [4.78, 5) is 6.96. The number of imidazole rings is 1. The Morgan fingerprint density at radius 2 is 2.00 bits per heavy atom. The maximum Gasteiger partial charge on any atom is 0.127 e. The van der Waals surface area contributed by atoms with Crippen LogP contribution in [0.5, 0.6) is 0 Å². The Bertz CT molecular complexity index is 394. The summed E-state index contributed by atoms with van der Waals surface area (Å²) in [5.74, 6) is 0.414. The number of halogens is 1. The zero-order valence-corrected chi connectivity index (χ0v) is 7.44. The van der Waals surface area contributed by atoms with E-state index >= 15 is 0 Å². The van der Waals surface area contributed by atoms with Crippen molar-refractivity contribution in [3.8, 4) is 0 Å². The highest BCUT2D eigenvalue weighted by Crippen LogP contribution is 2.15. The van der Waals surface area contributed by atoms with Crippen molar-refractivity contribution in [3.05, 3.63) is 53.9 Å². The number of nitrogens with two attached hydrogens (primary N) is 1. The summed E-state index contributed by atoms with van der Waals surface area (Å²) in [6.45, 7) is 0. The van der Waals surface area contributed by atoms with Gasteiger partial charge in [-0.2, -0.15) is 0 Å². The van der Waals surface area contributed by atoms with Crippen LogP contribution in [0.15, 0.2) is 36.7 Å². The first kappa shape index (κ1) is 8.90. The summed E-state index contributed by atoms with van der Waals surface area (Å²) in [7, 11) is 0. The topological polar surface area (TPSA) is 54.7 Å². The van der Waals surface area contributed by atoms with Crippen LogP contribution in [0.2, 0.25) is 0 Å². The quantitative estimate of drug-likeness (QED) is 0.757. The fraction of sp³-hybridized carbons (Fsp3) is 0.100. The molecule has 0 aliphatic carbocycles. The molecule has 3 nitrogen and oxygen atoms in total. The predicted octanol–water partition coefficient (Wildman–Crippen LogP) is 1.60. The van der Waals surface area contributed by atoms with Gasteiger partial charge in [0.15, 0.2) is 0 Å². The van der Waals surface area contributed by atoms with Gasteiger partial charge in [0.1, 0.15) is 11.6 Å². The van der Waals surface area contributed by atoms with Crippen molar-refractivity contribution < 1.29 is 4.39 Å². The van der Waals surface area contributed by atoms with E-state index in [0.29, 0.717) is 5.82 Å². The van der Waals surface area contributed by atoms with Gasteiger partial charge in [0.2, 0.25) is 0 Å². The van der Waals surface area contributed by atoms with Crippen molar-refractivity contribution in [2.75, 3.05) is 0 Å². The van der Waals surface area contributed by atoms with Crippen LogP contribution in [-0.2, 0) is 0 Å². The Balaban J connectivity index is 2.28. The molecular formula is C10H10FN3. The molecule has 0 saturated carbocycles. The molecule has 0 fully saturated rings. The van der Waals surface area contributed by atoms with Crippen molar-refractivity contribution in [3.63, 3.8) is 0 Å².